The predicted octanol–water partition coefficient (Wildman–Crippen LogP) is 2.74. The summed E-state index contributed by atoms with van der Waals surface area (Å²) in [5, 5.41) is 13.3. The topological polar surface area (TPSA) is 121 Å². The van der Waals surface area contributed by atoms with E-state index in [1.807, 2.05) is 30.3 Å². The molecule has 0 bridgehead atoms. The van der Waals surface area contributed by atoms with Crippen LogP contribution in [-0.2, 0) is 38.3 Å². The summed E-state index contributed by atoms with van der Waals surface area (Å²) in [4.78, 5) is 25.5. The number of carboxylic acid groups (broad SMARTS) is 1. The van der Waals surface area contributed by atoms with Gasteiger partial charge in [0.25, 0.3) is 0 Å². The van der Waals surface area contributed by atoms with Gasteiger partial charge in [0.1, 0.15) is 18.5 Å². The number of benzene rings is 2. The van der Waals surface area contributed by atoms with Gasteiger partial charge < -0.3 is 24.6 Å². The van der Waals surface area contributed by atoms with E-state index in [0.29, 0.717) is 36.4 Å². The van der Waals surface area contributed by atoms with E-state index >= 15 is 0 Å². The zero-order valence-electron chi connectivity index (χ0n) is 19.9. The van der Waals surface area contributed by atoms with Crippen LogP contribution in [0.25, 0.3) is 11.2 Å². The Morgan fingerprint density at radius 1 is 1.00 bits per heavy atom. The zero-order valence-corrected chi connectivity index (χ0v) is 19.9. The molecule has 2 N–H and O–H groups in total. The monoisotopic (exact) mass is 499 g/mol. The number of nitrogens with zero attached hydrogens (tertiary/aromatic N) is 4. The quantitative estimate of drug-likeness (QED) is 0.412. The molecule has 1 spiro atoms. The van der Waals surface area contributed by atoms with E-state index in [-0.39, 0.29) is 0 Å². The maximum atomic E-state index is 12.1. The SMILES string of the molecule is O=C(O)C1OC(n2cnc3c(NCCc4ccccc4)ncnc32)C2OC3(Cc4ccccc4C3)OC12. The first kappa shape index (κ1) is 22.3. The standard InChI is InChI=1S/C27H25N5O5/c33-26(34)22-20-21(37-27(36-20)12-17-8-4-5-9-18(17)13-27)25(35-22)32-15-31-19-23(29-14-30-24(19)32)28-11-10-16-6-2-1-3-7-16/h1-9,14-15,20-22,25H,10-13H2,(H,33,34)(H,28,29,30). The van der Waals surface area contributed by atoms with Crippen LogP contribution in [0.1, 0.15) is 22.9 Å². The van der Waals surface area contributed by atoms with Gasteiger partial charge in [0, 0.05) is 19.4 Å². The molecule has 2 aromatic carbocycles. The van der Waals surface area contributed by atoms with Crippen molar-refractivity contribution in [1.29, 1.82) is 0 Å². The molecule has 4 atom stereocenters. The first-order chi connectivity index (χ1) is 18.1. The van der Waals surface area contributed by atoms with Crippen LogP contribution < -0.4 is 5.32 Å². The molecule has 0 saturated carbocycles. The molecule has 10 heteroatoms. The Hall–Kier alpha value is -3.86. The molecule has 4 unspecified atom stereocenters. The number of nitrogens with one attached hydrogen (secondary N) is 1. The van der Waals surface area contributed by atoms with E-state index in [4.69, 9.17) is 14.2 Å². The molecule has 1 aliphatic carbocycles. The second-order valence-electron chi connectivity index (χ2n) is 9.69. The lowest BCUT2D eigenvalue weighted by molar-refractivity contribution is -0.214. The fourth-order valence-corrected chi connectivity index (χ4v) is 5.69. The number of ether oxygens (including phenoxy) is 3. The third-order valence-corrected chi connectivity index (χ3v) is 7.35. The van der Waals surface area contributed by atoms with Gasteiger partial charge in [-0.2, -0.15) is 0 Å². The lowest BCUT2D eigenvalue weighted by Gasteiger charge is -2.26. The number of hydrogen-bond acceptors (Lipinski definition) is 8. The molecule has 2 saturated heterocycles. The van der Waals surface area contributed by atoms with Gasteiger partial charge in [0.05, 0.1) is 6.33 Å². The Balaban J connectivity index is 1.16. The van der Waals surface area contributed by atoms with Crippen LogP contribution >= 0.6 is 0 Å². The number of imidazole rings is 1. The van der Waals surface area contributed by atoms with Gasteiger partial charge in [-0.05, 0) is 23.1 Å². The molecule has 2 aliphatic heterocycles. The summed E-state index contributed by atoms with van der Waals surface area (Å²) in [7, 11) is 0. The molecule has 3 aliphatic rings. The van der Waals surface area contributed by atoms with Crippen molar-refractivity contribution in [3.63, 3.8) is 0 Å². The van der Waals surface area contributed by atoms with Gasteiger partial charge >= 0.3 is 5.97 Å². The van der Waals surface area contributed by atoms with Gasteiger partial charge in [-0.3, -0.25) is 4.57 Å². The lowest BCUT2D eigenvalue weighted by Crippen LogP contribution is -2.38. The highest BCUT2D eigenvalue weighted by atomic mass is 16.8. The molecular formula is C27H25N5O5. The molecule has 7 rings (SSSR count). The van der Waals surface area contributed by atoms with Crippen LogP contribution in [0.4, 0.5) is 5.82 Å². The Morgan fingerprint density at radius 3 is 2.49 bits per heavy atom. The van der Waals surface area contributed by atoms with Crippen LogP contribution in [0.15, 0.2) is 67.3 Å². The molecule has 188 valence electrons. The fourth-order valence-electron chi connectivity index (χ4n) is 5.69. The minimum atomic E-state index is -1.17. The van der Waals surface area contributed by atoms with Crippen LogP contribution in [0.5, 0.6) is 0 Å². The van der Waals surface area contributed by atoms with E-state index in [9.17, 15) is 9.90 Å². The number of carbonyl (C=O) groups is 1. The Bertz CT molecular complexity index is 1450. The molecule has 4 aromatic rings. The number of anilines is 1. The summed E-state index contributed by atoms with van der Waals surface area (Å²) in [6, 6.07) is 18.3. The highest BCUT2D eigenvalue weighted by molar-refractivity contribution is 5.82. The predicted molar refractivity (Wildman–Crippen MR) is 132 cm³/mol. The van der Waals surface area contributed by atoms with Gasteiger partial charge in [-0.25, -0.2) is 19.7 Å². The Kier molecular flexibility index (Phi) is 5.20. The second-order valence-corrected chi connectivity index (χ2v) is 9.69. The van der Waals surface area contributed by atoms with Crippen LogP contribution in [-0.4, -0.2) is 61.2 Å². The number of fused-ring (bicyclic) bond motifs is 3. The molecule has 2 fully saturated rings. The van der Waals surface area contributed by atoms with E-state index < -0.39 is 36.3 Å². The van der Waals surface area contributed by atoms with E-state index in [0.717, 1.165) is 17.5 Å². The number of aliphatic carboxylic acids is 1. The largest absolute Gasteiger partial charge is 0.479 e. The van der Waals surface area contributed by atoms with E-state index in [1.54, 1.807) is 10.9 Å². The van der Waals surface area contributed by atoms with E-state index in [2.05, 4.69) is 44.5 Å². The minimum absolute atomic E-state index is 0.534. The lowest BCUT2D eigenvalue weighted by atomic mass is 10.1. The number of carboxylic acids is 1. The van der Waals surface area contributed by atoms with E-state index in [1.165, 1.54) is 11.9 Å². The van der Waals surface area contributed by atoms with Crippen molar-refractivity contribution in [3.8, 4) is 0 Å². The molecule has 4 heterocycles. The van der Waals surface area contributed by atoms with Gasteiger partial charge in [-0.15, -0.1) is 0 Å². The summed E-state index contributed by atoms with van der Waals surface area (Å²) in [6.07, 6.45) is 1.73. The zero-order chi connectivity index (χ0) is 25.0. The highest BCUT2D eigenvalue weighted by Crippen LogP contribution is 2.48. The molecule has 10 nitrogen and oxygen atoms in total. The Morgan fingerprint density at radius 2 is 1.73 bits per heavy atom. The number of aromatic nitrogens is 4. The maximum Gasteiger partial charge on any atom is 0.335 e. The molecular weight excluding hydrogens is 474 g/mol. The van der Waals surface area contributed by atoms with Crippen molar-refractivity contribution >= 4 is 23.0 Å². The summed E-state index contributed by atoms with van der Waals surface area (Å²) >= 11 is 0. The summed E-state index contributed by atoms with van der Waals surface area (Å²) in [6.45, 7) is 0.675. The smallest absolute Gasteiger partial charge is 0.335 e. The molecule has 0 radical (unpaired) electrons. The summed E-state index contributed by atoms with van der Waals surface area (Å²) < 4.78 is 20.6. The van der Waals surface area contributed by atoms with Gasteiger partial charge in [0.2, 0.25) is 0 Å². The van der Waals surface area contributed by atoms with Crippen molar-refractivity contribution in [2.75, 3.05) is 11.9 Å². The number of hydrogen-bond donors (Lipinski definition) is 2. The van der Waals surface area contributed by atoms with Crippen molar-refractivity contribution in [2.45, 2.75) is 49.6 Å². The van der Waals surface area contributed by atoms with Crippen LogP contribution in [0.2, 0.25) is 0 Å². The van der Waals surface area contributed by atoms with Crippen LogP contribution in [0, 0.1) is 0 Å². The summed E-state index contributed by atoms with van der Waals surface area (Å²) in [5.74, 6) is -1.38. The molecule has 0 amide bonds. The average Bonchev–Trinajstić information content (AvgIpc) is 3.66. The first-order valence-corrected chi connectivity index (χ1v) is 12.4. The highest BCUT2D eigenvalue weighted by Gasteiger charge is 2.62. The van der Waals surface area contributed by atoms with Gasteiger partial charge in [0.15, 0.2) is 35.1 Å². The normalized spacial score (nSPS) is 25.4. The van der Waals surface area contributed by atoms with Crippen molar-refractivity contribution in [3.05, 3.63) is 83.9 Å². The average molecular weight is 500 g/mol. The maximum absolute atomic E-state index is 12.1. The van der Waals surface area contributed by atoms with Crippen molar-refractivity contribution in [1.82, 2.24) is 19.5 Å². The number of rotatable bonds is 6. The minimum Gasteiger partial charge on any atom is -0.479 e. The summed E-state index contributed by atoms with van der Waals surface area (Å²) in [5.41, 5.74) is 4.64. The first-order valence-electron chi connectivity index (χ1n) is 12.4. The molecule has 2 aromatic heterocycles. The van der Waals surface area contributed by atoms with Crippen molar-refractivity contribution < 1.29 is 24.1 Å². The Labute approximate surface area is 212 Å². The third-order valence-electron chi connectivity index (χ3n) is 7.35. The second kappa shape index (κ2) is 8.62. The van der Waals surface area contributed by atoms with Gasteiger partial charge in [-0.1, -0.05) is 54.6 Å². The van der Waals surface area contributed by atoms with Crippen LogP contribution in [0.3, 0.4) is 0 Å². The molecule has 37 heavy (non-hydrogen) atoms. The van der Waals surface area contributed by atoms with Crippen molar-refractivity contribution in [2.24, 2.45) is 0 Å². The third kappa shape index (κ3) is 3.76. The fraction of sp³-hybridized carbons (Fsp3) is 0.333.